The van der Waals surface area contributed by atoms with Crippen molar-refractivity contribution in [2.24, 2.45) is 0 Å². The summed E-state index contributed by atoms with van der Waals surface area (Å²) in [5.74, 6) is -0.515. The number of hydrogen-bond acceptors (Lipinski definition) is 4. The van der Waals surface area contributed by atoms with Crippen molar-refractivity contribution in [3.8, 4) is 5.75 Å². The molecule has 2 aliphatic heterocycles. The van der Waals surface area contributed by atoms with Gasteiger partial charge in [0.15, 0.2) is 0 Å². The molecule has 120 valence electrons. The summed E-state index contributed by atoms with van der Waals surface area (Å²) in [7, 11) is 0. The number of carbonyl (C=O) groups excluding carboxylic acids is 1. The molecule has 0 aliphatic carbocycles. The standard InChI is InChI=1S/C13H12F4N2O2S/c14-7-2-1-3-9(21-13(15,16)17)10(7)11-18-12(20)8-6-22-5-4-19(8)11/h1-3,8,11H,4-6H2,(H,18,20)/t8-,11-/m1/s1. The topological polar surface area (TPSA) is 41.6 Å². The first-order chi connectivity index (χ1) is 10.4. The molecule has 0 aromatic heterocycles. The average Bonchev–Trinajstić information content (AvgIpc) is 2.75. The third-order valence-electron chi connectivity index (χ3n) is 3.60. The van der Waals surface area contributed by atoms with Crippen LogP contribution >= 0.6 is 11.8 Å². The van der Waals surface area contributed by atoms with Gasteiger partial charge in [0.05, 0.1) is 5.56 Å². The lowest BCUT2D eigenvalue weighted by Crippen LogP contribution is -2.41. The van der Waals surface area contributed by atoms with E-state index in [-0.39, 0.29) is 11.5 Å². The molecule has 0 bridgehead atoms. The molecular formula is C13H12F4N2O2S. The van der Waals surface area contributed by atoms with Crippen LogP contribution in [0.5, 0.6) is 5.75 Å². The Morgan fingerprint density at radius 1 is 1.36 bits per heavy atom. The maximum absolute atomic E-state index is 14.1. The minimum Gasteiger partial charge on any atom is -0.405 e. The van der Waals surface area contributed by atoms with Crippen LogP contribution in [0, 0.1) is 5.82 Å². The van der Waals surface area contributed by atoms with E-state index in [1.54, 1.807) is 16.7 Å². The van der Waals surface area contributed by atoms with E-state index in [9.17, 15) is 22.4 Å². The Hall–Kier alpha value is -1.48. The molecular weight excluding hydrogens is 324 g/mol. The molecule has 0 saturated carbocycles. The van der Waals surface area contributed by atoms with E-state index in [0.717, 1.165) is 24.0 Å². The largest absolute Gasteiger partial charge is 0.573 e. The Morgan fingerprint density at radius 3 is 2.86 bits per heavy atom. The van der Waals surface area contributed by atoms with Gasteiger partial charge in [0, 0.05) is 18.1 Å². The van der Waals surface area contributed by atoms with Gasteiger partial charge in [-0.3, -0.25) is 9.69 Å². The molecule has 3 rings (SSSR count). The Labute approximate surface area is 127 Å². The number of fused-ring (bicyclic) bond motifs is 1. The molecule has 0 radical (unpaired) electrons. The first-order valence-electron chi connectivity index (χ1n) is 6.55. The highest BCUT2D eigenvalue weighted by Gasteiger charge is 2.45. The number of halogens is 4. The number of alkyl halides is 3. The van der Waals surface area contributed by atoms with Gasteiger partial charge in [-0.25, -0.2) is 4.39 Å². The molecule has 2 atom stereocenters. The van der Waals surface area contributed by atoms with Crippen LogP contribution in [0.4, 0.5) is 17.6 Å². The fourth-order valence-corrected chi connectivity index (χ4v) is 3.77. The van der Waals surface area contributed by atoms with Crippen LogP contribution in [0.1, 0.15) is 11.7 Å². The van der Waals surface area contributed by atoms with E-state index < -0.39 is 30.1 Å². The predicted molar refractivity (Wildman–Crippen MR) is 71.8 cm³/mol. The van der Waals surface area contributed by atoms with Gasteiger partial charge in [-0.2, -0.15) is 11.8 Å². The lowest BCUT2D eigenvalue weighted by atomic mass is 10.1. The number of benzene rings is 1. The van der Waals surface area contributed by atoms with Crippen LogP contribution in [-0.2, 0) is 4.79 Å². The van der Waals surface area contributed by atoms with Gasteiger partial charge in [0.2, 0.25) is 5.91 Å². The van der Waals surface area contributed by atoms with E-state index in [1.807, 2.05) is 0 Å². The number of nitrogens with zero attached hydrogens (tertiary/aromatic N) is 1. The van der Waals surface area contributed by atoms with Crippen LogP contribution < -0.4 is 10.1 Å². The number of hydrogen-bond donors (Lipinski definition) is 1. The molecule has 1 aromatic rings. The molecule has 2 saturated heterocycles. The Bertz CT molecular complexity index is 596. The van der Waals surface area contributed by atoms with E-state index >= 15 is 0 Å². The number of rotatable bonds is 2. The van der Waals surface area contributed by atoms with E-state index in [2.05, 4.69) is 10.1 Å². The average molecular weight is 336 g/mol. The van der Waals surface area contributed by atoms with Crippen molar-refractivity contribution in [1.29, 1.82) is 0 Å². The van der Waals surface area contributed by atoms with Crippen molar-refractivity contribution in [1.82, 2.24) is 10.2 Å². The van der Waals surface area contributed by atoms with Crippen LogP contribution in [-0.4, -0.2) is 41.3 Å². The van der Waals surface area contributed by atoms with Crippen molar-refractivity contribution in [3.05, 3.63) is 29.6 Å². The Kier molecular flexibility index (Phi) is 3.94. The lowest BCUT2D eigenvalue weighted by Gasteiger charge is -2.31. The number of thioether (sulfide) groups is 1. The zero-order chi connectivity index (χ0) is 15.9. The second kappa shape index (κ2) is 5.62. The molecule has 1 amide bonds. The SMILES string of the molecule is O=C1N[C@@H](c2c(F)cccc2OC(F)(F)F)N2CCSC[C@H]12. The summed E-state index contributed by atoms with van der Waals surface area (Å²) < 4.78 is 55.6. The highest BCUT2D eigenvalue weighted by Crippen LogP contribution is 2.38. The first kappa shape index (κ1) is 15.4. The Balaban J connectivity index is 1.99. The maximum Gasteiger partial charge on any atom is 0.573 e. The molecule has 9 heteroatoms. The van der Waals surface area contributed by atoms with E-state index in [0.29, 0.717) is 12.3 Å². The summed E-state index contributed by atoms with van der Waals surface area (Å²) in [5.41, 5.74) is -0.289. The lowest BCUT2D eigenvalue weighted by molar-refractivity contribution is -0.275. The third-order valence-corrected chi connectivity index (χ3v) is 4.62. The fraction of sp³-hybridized carbons (Fsp3) is 0.462. The molecule has 2 heterocycles. The molecule has 2 aliphatic rings. The van der Waals surface area contributed by atoms with Gasteiger partial charge in [0.25, 0.3) is 0 Å². The van der Waals surface area contributed by atoms with Gasteiger partial charge < -0.3 is 10.1 Å². The summed E-state index contributed by atoms with van der Waals surface area (Å²) in [4.78, 5) is 13.6. The fourth-order valence-electron chi connectivity index (χ4n) is 2.70. The molecule has 22 heavy (non-hydrogen) atoms. The van der Waals surface area contributed by atoms with E-state index in [4.69, 9.17) is 0 Å². The molecule has 2 fully saturated rings. The quantitative estimate of drug-likeness (QED) is 0.842. The smallest absolute Gasteiger partial charge is 0.405 e. The van der Waals surface area contributed by atoms with Crippen molar-refractivity contribution in [2.45, 2.75) is 18.6 Å². The summed E-state index contributed by atoms with van der Waals surface area (Å²) in [6.45, 7) is 0.485. The minimum atomic E-state index is -4.93. The second-order valence-electron chi connectivity index (χ2n) is 4.94. The van der Waals surface area contributed by atoms with Gasteiger partial charge >= 0.3 is 6.36 Å². The second-order valence-corrected chi connectivity index (χ2v) is 6.09. The zero-order valence-electron chi connectivity index (χ0n) is 11.2. The minimum absolute atomic E-state index is 0.289. The number of carbonyl (C=O) groups is 1. The van der Waals surface area contributed by atoms with Crippen molar-refractivity contribution >= 4 is 17.7 Å². The Morgan fingerprint density at radius 2 is 2.14 bits per heavy atom. The third kappa shape index (κ3) is 2.87. The number of amides is 1. The monoisotopic (exact) mass is 336 g/mol. The highest BCUT2D eigenvalue weighted by molar-refractivity contribution is 7.99. The van der Waals surface area contributed by atoms with Gasteiger partial charge in [-0.15, -0.1) is 13.2 Å². The molecule has 1 aromatic carbocycles. The van der Waals surface area contributed by atoms with Crippen molar-refractivity contribution in [3.63, 3.8) is 0 Å². The van der Waals surface area contributed by atoms with Gasteiger partial charge in [-0.05, 0) is 12.1 Å². The van der Waals surface area contributed by atoms with Crippen molar-refractivity contribution in [2.75, 3.05) is 18.1 Å². The predicted octanol–water partition coefficient (Wildman–Crippen LogP) is 2.27. The summed E-state index contributed by atoms with van der Waals surface area (Å²) in [6, 6.07) is 2.78. The summed E-state index contributed by atoms with van der Waals surface area (Å²) in [6.07, 6.45) is -5.88. The van der Waals surface area contributed by atoms with Crippen molar-refractivity contribution < 1.29 is 27.1 Å². The van der Waals surface area contributed by atoms with Crippen LogP contribution in [0.25, 0.3) is 0 Å². The summed E-state index contributed by atoms with van der Waals surface area (Å²) in [5, 5.41) is 2.57. The van der Waals surface area contributed by atoms with E-state index in [1.165, 1.54) is 0 Å². The van der Waals surface area contributed by atoms with Crippen LogP contribution in [0.3, 0.4) is 0 Å². The molecule has 4 nitrogen and oxygen atoms in total. The van der Waals surface area contributed by atoms with Gasteiger partial charge in [-0.1, -0.05) is 6.07 Å². The van der Waals surface area contributed by atoms with Crippen LogP contribution in [0.2, 0.25) is 0 Å². The normalized spacial score (nSPS) is 25.7. The van der Waals surface area contributed by atoms with Gasteiger partial charge in [0.1, 0.15) is 23.8 Å². The molecule has 0 unspecified atom stereocenters. The maximum atomic E-state index is 14.1. The summed E-state index contributed by atoms with van der Waals surface area (Å²) >= 11 is 1.58. The molecule has 0 spiro atoms. The number of nitrogens with one attached hydrogen (secondary N) is 1. The number of ether oxygens (including phenoxy) is 1. The van der Waals surface area contributed by atoms with Crippen LogP contribution in [0.15, 0.2) is 18.2 Å². The first-order valence-corrected chi connectivity index (χ1v) is 7.70. The highest BCUT2D eigenvalue weighted by atomic mass is 32.2. The zero-order valence-corrected chi connectivity index (χ0v) is 12.0. The molecule has 1 N–H and O–H groups in total.